The van der Waals surface area contributed by atoms with Crippen molar-refractivity contribution in [3.63, 3.8) is 0 Å². The number of amides is 1. The summed E-state index contributed by atoms with van der Waals surface area (Å²) < 4.78 is 1.94. The normalized spacial score (nSPS) is 10.5. The molecule has 5 heteroatoms. The summed E-state index contributed by atoms with van der Waals surface area (Å²) in [7, 11) is 0. The van der Waals surface area contributed by atoms with Crippen LogP contribution in [0.2, 0.25) is 0 Å². The summed E-state index contributed by atoms with van der Waals surface area (Å²) in [4.78, 5) is 18.1. The molecule has 0 unspecified atom stereocenters. The lowest BCUT2D eigenvalue weighted by atomic mass is 10.2. The second-order valence-electron chi connectivity index (χ2n) is 3.88. The minimum Gasteiger partial charge on any atom is -0.350 e. The lowest BCUT2D eigenvalue weighted by Gasteiger charge is -2.05. The third-order valence-electron chi connectivity index (χ3n) is 2.50. The molecule has 0 saturated heterocycles. The zero-order chi connectivity index (χ0) is 12.3. The van der Waals surface area contributed by atoms with E-state index in [0.717, 1.165) is 17.0 Å². The number of nitrogens with zero attached hydrogens (tertiary/aromatic N) is 2. The monoisotopic (exact) mass is 249 g/mol. The van der Waals surface area contributed by atoms with Crippen molar-refractivity contribution in [3.05, 3.63) is 40.1 Å². The first-order valence-corrected chi connectivity index (χ1v) is 6.29. The molecule has 0 aliphatic heterocycles. The Balaban J connectivity index is 1.87. The SMILES string of the molecule is Cc1cc(C(=O)NCCn2ccnc2)c(C)s1. The number of carbonyl (C=O) groups excluding carboxylic acids is 1. The molecule has 2 aromatic heterocycles. The van der Waals surface area contributed by atoms with Gasteiger partial charge in [-0.1, -0.05) is 0 Å². The van der Waals surface area contributed by atoms with Crippen LogP contribution in [0.25, 0.3) is 0 Å². The van der Waals surface area contributed by atoms with Gasteiger partial charge >= 0.3 is 0 Å². The Labute approximate surface area is 104 Å². The molecule has 2 rings (SSSR count). The third-order valence-corrected chi connectivity index (χ3v) is 3.47. The van der Waals surface area contributed by atoms with Gasteiger partial charge < -0.3 is 9.88 Å². The second-order valence-corrected chi connectivity index (χ2v) is 5.34. The number of rotatable bonds is 4. The van der Waals surface area contributed by atoms with Crippen LogP contribution in [0.5, 0.6) is 0 Å². The molecule has 0 aromatic carbocycles. The van der Waals surface area contributed by atoms with Crippen LogP contribution in [0, 0.1) is 13.8 Å². The van der Waals surface area contributed by atoms with Crippen molar-refractivity contribution < 1.29 is 4.79 Å². The molecule has 90 valence electrons. The predicted octanol–water partition coefficient (Wildman–Crippen LogP) is 1.99. The van der Waals surface area contributed by atoms with Crippen molar-refractivity contribution in [1.29, 1.82) is 0 Å². The van der Waals surface area contributed by atoms with E-state index >= 15 is 0 Å². The zero-order valence-electron chi connectivity index (χ0n) is 9.93. The van der Waals surface area contributed by atoms with Gasteiger partial charge in [-0.05, 0) is 19.9 Å². The molecule has 0 bridgehead atoms. The van der Waals surface area contributed by atoms with Gasteiger partial charge in [0, 0.05) is 35.2 Å². The minimum absolute atomic E-state index is 0.00645. The van der Waals surface area contributed by atoms with E-state index in [-0.39, 0.29) is 5.91 Å². The van der Waals surface area contributed by atoms with Crippen LogP contribution in [0.4, 0.5) is 0 Å². The highest BCUT2D eigenvalue weighted by molar-refractivity contribution is 7.12. The third kappa shape index (κ3) is 2.94. The van der Waals surface area contributed by atoms with Gasteiger partial charge in [-0.3, -0.25) is 4.79 Å². The molecule has 17 heavy (non-hydrogen) atoms. The van der Waals surface area contributed by atoms with E-state index < -0.39 is 0 Å². The zero-order valence-corrected chi connectivity index (χ0v) is 10.8. The summed E-state index contributed by atoms with van der Waals surface area (Å²) >= 11 is 1.65. The molecular weight excluding hydrogens is 234 g/mol. The number of carbonyl (C=O) groups is 1. The quantitative estimate of drug-likeness (QED) is 0.900. The Bertz CT molecular complexity index is 502. The molecular formula is C12H15N3OS. The van der Waals surface area contributed by atoms with Gasteiger partial charge in [-0.25, -0.2) is 4.98 Å². The van der Waals surface area contributed by atoms with E-state index in [9.17, 15) is 4.79 Å². The maximum atomic E-state index is 11.9. The van der Waals surface area contributed by atoms with E-state index in [1.54, 1.807) is 23.9 Å². The second kappa shape index (κ2) is 5.14. The van der Waals surface area contributed by atoms with Crippen LogP contribution < -0.4 is 5.32 Å². The number of aromatic nitrogens is 2. The van der Waals surface area contributed by atoms with Crippen molar-refractivity contribution in [2.24, 2.45) is 0 Å². The number of imidazole rings is 1. The van der Waals surface area contributed by atoms with Crippen LogP contribution in [-0.4, -0.2) is 22.0 Å². The molecule has 2 heterocycles. The van der Waals surface area contributed by atoms with Gasteiger partial charge in [0.1, 0.15) is 0 Å². The van der Waals surface area contributed by atoms with Gasteiger partial charge in [-0.2, -0.15) is 0 Å². The molecule has 0 fully saturated rings. The summed E-state index contributed by atoms with van der Waals surface area (Å²) in [5.74, 6) is 0.00645. The molecule has 0 atom stereocenters. The fourth-order valence-electron chi connectivity index (χ4n) is 1.67. The van der Waals surface area contributed by atoms with E-state index in [1.165, 1.54) is 4.88 Å². The van der Waals surface area contributed by atoms with E-state index in [0.29, 0.717) is 6.54 Å². The Hall–Kier alpha value is -1.62. The average Bonchev–Trinajstić information content (AvgIpc) is 2.88. The molecule has 0 saturated carbocycles. The fraction of sp³-hybridized carbons (Fsp3) is 0.333. The van der Waals surface area contributed by atoms with Crippen LogP contribution in [0.3, 0.4) is 0 Å². The lowest BCUT2D eigenvalue weighted by molar-refractivity contribution is 0.0952. The number of hydrogen-bond acceptors (Lipinski definition) is 3. The number of nitrogens with one attached hydrogen (secondary N) is 1. The lowest BCUT2D eigenvalue weighted by Crippen LogP contribution is -2.27. The first-order valence-electron chi connectivity index (χ1n) is 5.48. The molecule has 0 aliphatic carbocycles. The minimum atomic E-state index is 0.00645. The van der Waals surface area contributed by atoms with Crippen LogP contribution in [0.1, 0.15) is 20.1 Å². The molecule has 0 radical (unpaired) electrons. The van der Waals surface area contributed by atoms with E-state index in [4.69, 9.17) is 0 Å². The first-order chi connectivity index (χ1) is 8.16. The Morgan fingerprint density at radius 2 is 2.35 bits per heavy atom. The van der Waals surface area contributed by atoms with Gasteiger partial charge in [0.05, 0.1) is 11.9 Å². The number of aryl methyl sites for hydroxylation is 2. The summed E-state index contributed by atoms with van der Waals surface area (Å²) in [6.45, 7) is 5.35. The van der Waals surface area contributed by atoms with E-state index in [1.807, 2.05) is 30.7 Å². The summed E-state index contributed by atoms with van der Waals surface area (Å²) in [5, 5.41) is 2.91. The Morgan fingerprint density at radius 3 is 2.94 bits per heavy atom. The van der Waals surface area contributed by atoms with Gasteiger partial charge in [0.25, 0.3) is 5.91 Å². The molecule has 2 aromatic rings. The first kappa shape index (κ1) is 11.9. The maximum absolute atomic E-state index is 11.9. The molecule has 0 aliphatic rings. The van der Waals surface area contributed by atoms with Crippen molar-refractivity contribution in [1.82, 2.24) is 14.9 Å². The highest BCUT2D eigenvalue weighted by atomic mass is 32.1. The highest BCUT2D eigenvalue weighted by Gasteiger charge is 2.10. The molecule has 0 spiro atoms. The van der Waals surface area contributed by atoms with Crippen molar-refractivity contribution in [2.45, 2.75) is 20.4 Å². The van der Waals surface area contributed by atoms with Crippen molar-refractivity contribution >= 4 is 17.2 Å². The summed E-state index contributed by atoms with van der Waals surface area (Å²) in [5.41, 5.74) is 0.790. The van der Waals surface area contributed by atoms with Crippen LogP contribution in [0.15, 0.2) is 24.8 Å². The van der Waals surface area contributed by atoms with Crippen molar-refractivity contribution in [3.8, 4) is 0 Å². The number of thiophene rings is 1. The van der Waals surface area contributed by atoms with Crippen molar-refractivity contribution in [2.75, 3.05) is 6.54 Å². The van der Waals surface area contributed by atoms with Gasteiger partial charge in [-0.15, -0.1) is 11.3 Å². The molecule has 1 N–H and O–H groups in total. The fourth-order valence-corrected chi connectivity index (χ4v) is 2.59. The van der Waals surface area contributed by atoms with E-state index in [2.05, 4.69) is 10.3 Å². The standard InChI is InChI=1S/C12H15N3OS/c1-9-7-11(10(2)17-9)12(16)14-4-6-15-5-3-13-8-15/h3,5,7-8H,4,6H2,1-2H3,(H,14,16). The predicted molar refractivity (Wildman–Crippen MR) is 68.4 cm³/mol. The Morgan fingerprint density at radius 1 is 1.53 bits per heavy atom. The molecule has 1 amide bonds. The number of hydrogen-bond donors (Lipinski definition) is 1. The van der Waals surface area contributed by atoms with Crippen LogP contribution in [-0.2, 0) is 6.54 Å². The summed E-state index contributed by atoms with van der Waals surface area (Å²) in [6, 6.07) is 1.94. The summed E-state index contributed by atoms with van der Waals surface area (Å²) in [6.07, 6.45) is 5.35. The average molecular weight is 249 g/mol. The smallest absolute Gasteiger partial charge is 0.252 e. The molecule has 4 nitrogen and oxygen atoms in total. The topological polar surface area (TPSA) is 46.9 Å². The largest absolute Gasteiger partial charge is 0.350 e. The maximum Gasteiger partial charge on any atom is 0.252 e. The highest BCUT2D eigenvalue weighted by Crippen LogP contribution is 2.20. The van der Waals surface area contributed by atoms with Crippen LogP contribution >= 0.6 is 11.3 Å². The van der Waals surface area contributed by atoms with Gasteiger partial charge in [0.15, 0.2) is 0 Å². The van der Waals surface area contributed by atoms with Gasteiger partial charge in [0.2, 0.25) is 0 Å². The Kier molecular flexibility index (Phi) is 3.58.